The van der Waals surface area contributed by atoms with Crippen LogP contribution in [-0.2, 0) is 0 Å². The summed E-state index contributed by atoms with van der Waals surface area (Å²) in [6, 6.07) is 9.34. The highest BCUT2D eigenvalue weighted by atomic mass is 16.1. The van der Waals surface area contributed by atoms with Crippen molar-refractivity contribution in [2.45, 2.75) is 12.8 Å². The minimum Gasteiger partial charge on any atom is -0.382 e. The van der Waals surface area contributed by atoms with E-state index in [4.69, 9.17) is 5.73 Å². The Bertz CT molecular complexity index is 1050. The molecule has 8 nitrogen and oxygen atoms in total. The van der Waals surface area contributed by atoms with Gasteiger partial charge >= 0.3 is 5.56 Å². The molecule has 0 saturated carbocycles. The number of rotatable bonds is 4. The lowest BCUT2D eigenvalue weighted by Crippen LogP contribution is -2.21. The number of benzene rings is 1. The van der Waals surface area contributed by atoms with Gasteiger partial charge in [0.25, 0.3) is 0 Å². The number of hydrogen-bond donors (Lipinski definition) is 2. The van der Waals surface area contributed by atoms with Crippen LogP contribution in [0.15, 0.2) is 76.0 Å². The van der Waals surface area contributed by atoms with Gasteiger partial charge in [-0.3, -0.25) is 4.79 Å². The number of hydrogen-bond acceptors (Lipinski definition) is 5. The second-order valence-corrected chi connectivity index (χ2v) is 5.74. The number of aromatic amines is 1. The third-order valence-corrected chi connectivity index (χ3v) is 4.06. The fourth-order valence-corrected chi connectivity index (χ4v) is 2.86. The predicted molar refractivity (Wildman–Crippen MR) is 99.9 cm³/mol. The number of nitrogens with zero attached hydrogens (tertiary/aromatic N) is 5. The molecule has 4 rings (SSSR count). The topological polar surface area (TPSA) is 106 Å². The van der Waals surface area contributed by atoms with E-state index in [0.717, 1.165) is 18.5 Å². The molecule has 2 heterocycles. The van der Waals surface area contributed by atoms with Gasteiger partial charge < -0.3 is 10.7 Å². The summed E-state index contributed by atoms with van der Waals surface area (Å²) in [6.07, 6.45) is 10.8. The van der Waals surface area contributed by atoms with Crippen molar-refractivity contribution in [1.29, 1.82) is 0 Å². The molecule has 1 aliphatic rings. The van der Waals surface area contributed by atoms with Gasteiger partial charge in [-0.25, -0.2) is 14.3 Å². The van der Waals surface area contributed by atoms with Gasteiger partial charge in [0.05, 0.1) is 5.69 Å². The number of anilines is 1. The highest BCUT2D eigenvalue weighted by molar-refractivity contribution is 5.66. The average Bonchev–Trinajstić information content (AvgIpc) is 3.28. The summed E-state index contributed by atoms with van der Waals surface area (Å²) >= 11 is 0. The van der Waals surface area contributed by atoms with Gasteiger partial charge in [-0.2, -0.15) is 0 Å². The molecule has 0 amide bonds. The number of nitrogens with two attached hydrogens (primary N) is 1. The Morgan fingerprint density at radius 1 is 1.15 bits per heavy atom. The van der Waals surface area contributed by atoms with Crippen LogP contribution >= 0.6 is 0 Å². The summed E-state index contributed by atoms with van der Waals surface area (Å²) in [7, 11) is 0. The molecule has 1 aromatic carbocycles. The van der Waals surface area contributed by atoms with Crippen LogP contribution in [-0.4, -0.2) is 19.3 Å². The van der Waals surface area contributed by atoms with Crippen LogP contribution in [0.25, 0.3) is 11.4 Å². The summed E-state index contributed by atoms with van der Waals surface area (Å²) in [5, 5.41) is 8.03. The second kappa shape index (κ2) is 6.67. The fraction of sp³-hybridized carbons (Fsp3) is 0.111. The number of aromatic nitrogens is 4. The van der Waals surface area contributed by atoms with Crippen molar-refractivity contribution in [3.05, 3.63) is 71.3 Å². The molecule has 0 fully saturated rings. The summed E-state index contributed by atoms with van der Waals surface area (Å²) < 4.78 is 3.23. The first kappa shape index (κ1) is 15.8. The number of allylic oxidation sites excluding steroid dienone is 4. The minimum absolute atomic E-state index is 0.0840. The molecule has 1 aliphatic carbocycles. The lowest BCUT2D eigenvalue weighted by Gasteiger charge is -2.17. The Hall–Kier alpha value is -3.68. The number of H-pyrrole nitrogens is 1. The second-order valence-electron chi connectivity index (χ2n) is 5.74. The molecular formula is C18H17N7O. The first-order valence-corrected chi connectivity index (χ1v) is 8.22. The zero-order valence-corrected chi connectivity index (χ0v) is 13.9. The van der Waals surface area contributed by atoms with E-state index in [1.165, 1.54) is 4.68 Å². The number of azo groups is 1. The van der Waals surface area contributed by atoms with E-state index in [2.05, 4.69) is 26.3 Å². The van der Waals surface area contributed by atoms with Crippen molar-refractivity contribution in [1.82, 2.24) is 19.3 Å². The lowest BCUT2D eigenvalue weighted by atomic mass is 10.1. The molecule has 0 atom stereocenters. The fourth-order valence-electron chi connectivity index (χ4n) is 2.86. The van der Waals surface area contributed by atoms with E-state index < -0.39 is 0 Å². The van der Waals surface area contributed by atoms with Crippen LogP contribution in [0, 0.1) is 0 Å². The molecule has 0 spiro atoms. The molecular weight excluding hydrogens is 330 g/mol. The van der Waals surface area contributed by atoms with Gasteiger partial charge in [0.15, 0.2) is 11.5 Å². The Labute approximate surface area is 149 Å². The molecule has 0 saturated heterocycles. The van der Waals surface area contributed by atoms with Crippen molar-refractivity contribution >= 4 is 23.2 Å². The maximum absolute atomic E-state index is 13.0. The molecule has 0 unspecified atom stereocenters. The lowest BCUT2D eigenvalue weighted by molar-refractivity contribution is 0.719. The highest BCUT2D eigenvalue weighted by Crippen LogP contribution is 2.28. The van der Waals surface area contributed by atoms with Gasteiger partial charge in [-0.05, 0) is 31.1 Å². The first-order valence-electron chi connectivity index (χ1n) is 8.22. The third-order valence-electron chi connectivity index (χ3n) is 4.06. The molecule has 26 heavy (non-hydrogen) atoms. The van der Waals surface area contributed by atoms with E-state index >= 15 is 0 Å². The monoisotopic (exact) mass is 347 g/mol. The zero-order chi connectivity index (χ0) is 17.9. The van der Waals surface area contributed by atoms with Crippen molar-refractivity contribution in [2.24, 2.45) is 10.2 Å². The standard InChI is InChI=1S/C18H17N7O/c19-16-15(22-23-18-20-11-12-21-18)17(26)25(14-9-5-2-6-10-14)24(16)13-7-3-1-4-8-13/h1-3,5-7,9-12H,4,8,19H2,(H,20,21)/b23-22+. The van der Waals surface area contributed by atoms with Crippen molar-refractivity contribution in [3.63, 3.8) is 0 Å². The number of imidazole rings is 1. The smallest absolute Gasteiger partial charge is 0.301 e. The molecule has 3 N–H and O–H groups in total. The highest BCUT2D eigenvalue weighted by Gasteiger charge is 2.21. The van der Waals surface area contributed by atoms with Crippen molar-refractivity contribution in [3.8, 4) is 5.69 Å². The molecule has 8 heteroatoms. The van der Waals surface area contributed by atoms with Gasteiger partial charge in [0, 0.05) is 18.1 Å². The van der Waals surface area contributed by atoms with Crippen LogP contribution in [0.5, 0.6) is 0 Å². The molecule has 0 radical (unpaired) electrons. The van der Waals surface area contributed by atoms with Crippen molar-refractivity contribution < 1.29 is 0 Å². The maximum Gasteiger partial charge on any atom is 0.301 e. The maximum atomic E-state index is 13.0. The van der Waals surface area contributed by atoms with Crippen LogP contribution in [0.4, 0.5) is 17.5 Å². The summed E-state index contributed by atoms with van der Waals surface area (Å²) in [5.74, 6) is 0.554. The average molecular weight is 347 g/mol. The Kier molecular flexibility index (Phi) is 4.06. The third kappa shape index (κ3) is 2.77. The van der Waals surface area contributed by atoms with E-state index in [0.29, 0.717) is 11.6 Å². The quantitative estimate of drug-likeness (QED) is 0.705. The summed E-state index contributed by atoms with van der Waals surface area (Å²) in [5.41, 5.74) is 7.68. The van der Waals surface area contributed by atoms with Crippen LogP contribution in [0.3, 0.4) is 0 Å². The Balaban J connectivity index is 1.91. The number of para-hydroxylation sites is 1. The van der Waals surface area contributed by atoms with E-state index in [9.17, 15) is 4.79 Å². The summed E-state index contributed by atoms with van der Waals surface area (Å²) in [4.78, 5) is 19.8. The zero-order valence-electron chi connectivity index (χ0n) is 13.9. The number of nitrogen functional groups attached to an aromatic ring is 1. The molecule has 3 aromatic rings. The van der Waals surface area contributed by atoms with Gasteiger partial charge in [0.2, 0.25) is 5.95 Å². The predicted octanol–water partition coefficient (Wildman–Crippen LogP) is 3.55. The first-order chi connectivity index (χ1) is 12.8. The number of nitrogens with one attached hydrogen (secondary N) is 1. The van der Waals surface area contributed by atoms with Crippen LogP contribution in [0.1, 0.15) is 12.8 Å². The van der Waals surface area contributed by atoms with E-state index in [1.807, 2.05) is 42.5 Å². The molecule has 0 aliphatic heterocycles. The van der Waals surface area contributed by atoms with Crippen LogP contribution in [0.2, 0.25) is 0 Å². The SMILES string of the molecule is Nc1c(/N=N/c2ncc[nH]2)c(=O)n(-c2ccccc2)n1C1=CC=CCC1. The normalized spacial score (nSPS) is 14.1. The Morgan fingerprint density at radius 2 is 2.00 bits per heavy atom. The van der Waals surface area contributed by atoms with E-state index in [1.54, 1.807) is 17.1 Å². The van der Waals surface area contributed by atoms with Gasteiger partial charge in [-0.15, -0.1) is 10.2 Å². The molecule has 130 valence electrons. The van der Waals surface area contributed by atoms with Gasteiger partial charge in [0.1, 0.15) is 0 Å². The Morgan fingerprint density at radius 3 is 2.69 bits per heavy atom. The largest absolute Gasteiger partial charge is 0.382 e. The molecule has 0 bridgehead atoms. The molecule has 2 aromatic heterocycles. The summed E-state index contributed by atoms with van der Waals surface area (Å²) in [6.45, 7) is 0. The van der Waals surface area contributed by atoms with Gasteiger partial charge in [-0.1, -0.05) is 30.4 Å². The minimum atomic E-state index is -0.334. The van der Waals surface area contributed by atoms with E-state index in [-0.39, 0.29) is 17.1 Å². The van der Waals surface area contributed by atoms with Crippen molar-refractivity contribution in [2.75, 3.05) is 5.73 Å². The van der Waals surface area contributed by atoms with Crippen LogP contribution < -0.4 is 11.3 Å².